The molecule has 0 amide bonds. The van der Waals surface area contributed by atoms with E-state index >= 15 is 0 Å². The van der Waals surface area contributed by atoms with Gasteiger partial charge in [-0.25, -0.2) is 0 Å². The Bertz CT molecular complexity index is 616. The van der Waals surface area contributed by atoms with Crippen LogP contribution in [0.2, 0.25) is 0 Å². The number of aliphatic hydroxyl groups is 1. The number of aliphatic hydroxyl groups excluding tert-OH is 1. The Hall–Kier alpha value is -1.17. The van der Waals surface area contributed by atoms with E-state index < -0.39 is 6.10 Å². The average Bonchev–Trinajstić information content (AvgIpc) is 3.29. The van der Waals surface area contributed by atoms with Crippen LogP contribution in [0.4, 0.5) is 5.69 Å². The van der Waals surface area contributed by atoms with E-state index in [-0.39, 0.29) is 0 Å². The molecular formula is C16H19BrN2O2. The number of para-hydroxylation sites is 1. The van der Waals surface area contributed by atoms with Gasteiger partial charge >= 0.3 is 0 Å². The van der Waals surface area contributed by atoms with Crippen LogP contribution in [0, 0.1) is 5.92 Å². The van der Waals surface area contributed by atoms with E-state index in [1.165, 1.54) is 12.8 Å². The number of hydrogen-bond acceptors (Lipinski definition) is 4. The molecule has 5 heteroatoms. The molecule has 0 saturated heterocycles. The maximum Gasteiger partial charge on any atom is 0.0945 e. The lowest BCUT2D eigenvalue weighted by molar-refractivity contribution is 0.0386. The van der Waals surface area contributed by atoms with Crippen molar-refractivity contribution in [2.75, 3.05) is 25.1 Å². The first-order valence-corrected chi connectivity index (χ1v) is 8.05. The molecule has 3 rings (SSSR count). The molecule has 0 bridgehead atoms. The third-order valence-corrected chi connectivity index (χ3v) is 4.00. The minimum atomic E-state index is -0.505. The summed E-state index contributed by atoms with van der Waals surface area (Å²) in [5.74, 6) is 0.728. The molecule has 1 aromatic heterocycles. The normalized spacial score (nSPS) is 16.1. The summed E-state index contributed by atoms with van der Waals surface area (Å²) in [6.45, 7) is 1.62. The first kappa shape index (κ1) is 14.8. The molecular weight excluding hydrogens is 332 g/mol. The van der Waals surface area contributed by atoms with Gasteiger partial charge in [0.1, 0.15) is 0 Å². The zero-order valence-corrected chi connectivity index (χ0v) is 13.3. The van der Waals surface area contributed by atoms with Crippen LogP contribution in [0.1, 0.15) is 12.8 Å². The van der Waals surface area contributed by atoms with E-state index in [9.17, 15) is 5.11 Å². The number of anilines is 1. The molecule has 1 aliphatic carbocycles. The fraction of sp³-hybridized carbons (Fsp3) is 0.438. The Morgan fingerprint density at radius 3 is 3.10 bits per heavy atom. The van der Waals surface area contributed by atoms with Crippen LogP contribution in [0.3, 0.4) is 0 Å². The first-order chi connectivity index (χ1) is 10.2. The van der Waals surface area contributed by atoms with Crippen molar-refractivity contribution < 1.29 is 9.84 Å². The maximum absolute atomic E-state index is 9.94. The maximum atomic E-state index is 9.94. The van der Waals surface area contributed by atoms with E-state index in [1.54, 1.807) is 6.20 Å². The lowest BCUT2D eigenvalue weighted by Gasteiger charge is -2.14. The SMILES string of the molecule is OC(CNc1cccc2cc(Br)cnc12)COCC1CC1. The number of ether oxygens (including phenoxy) is 1. The van der Waals surface area contributed by atoms with Gasteiger partial charge in [0.15, 0.2) is 0 Å². The molecule has 1 unspecified atom stereocenters. The minimum absolute atomic E-state index is 0.382. The number of aromatic nitrogens is 1. The van der Waals surface area contributed by atoms with Crippen LogP contribution in [-0.4, -0.2) is 36.0 Å². The predicted octanol–water partition coefficient (Wildman–Crippen LogP) is 3.20. The number of fused-ring (bicyclic) bond motifs is 1. The van der Waals surface area contributed by atoms with Gasteiger partial charge in [0.2, 0.25) is 0 Å². The summed E-state index contributed by atoms with van der Waals surface area (Å²) in [5, 5.41) is 14.3. The average molecular weight is 351 g/mol. The van der Waals surface area contributed by atoms with Crippen molar-refractivity contribution in [1.29, 1.82) is 0 Å². The smallest absolute Gasteiger partial charge is 0.0945 e. The van der Waals surface area contributed by atoms with E-state index in [2.05, 4.69) is 26.2 Å². The number of hydrogen-bond donors (Lipinski definition) is 2. The molecule has 4 nitrogen and oxygen atoms in total. The molecule has 0 aliphatic heterocycles. The third kappa shape index (κ3) is 4.15. The molecule has 21 heavy (non-hydrogen) atoms. The number of halogens is 1. The summed E-state index contributed by atoms with van der Waals surface area (Å²) < 4.78 is 6.46. The quantitative estimate of drug-likeness (QED) is 0.805. The number of benzene rings is 1. The van der Waals surface area contributed by atoms with E-state index in [0.29, 0.717) is 13.2 Å². The molecule has 2 aromatic rings. The summed E-state index contributed by atoms with van der Waals surface area (Å²) in [6.07, 6.45) is 3.81. The van der Waals surface area contributed by atoms with Crippen molar-refractivity contribution in [3.8, 4) is 0 Å². The second-order valence-corrected chi connectivity index (χ2v) is 6.46. The Morgan fingerprint density at radius 1 is 1.43 bits per heavy atom. The number of pyridine rings is 1. The highest BCUT2D eigenvalue weighted by atomic mass is 79.9. The highest BCUT2D eigenvalue weighted by Gasteiger charge is 2.21. The molecule has 1 heterocycles. The topological polar surface area (TPSA) is 54.4 Å². The van der Waals surface area contributed by atoms with E-state index in [1.807, 2.05) is 24.3 Å². The van der Waals surface area contributed by atoms with Crippen LogP contribution in [0.25, 0.3) is 10.9 Å². The zero-order valence-electron chi connectivity index (χ0n) is 11.8. The Labute approximate surface area is 132 Å². The van der Waals surface area contributed by atoms with Gasteiger partial charge < -0.3 is 15.2 Å². The second-order valence-electron chi connectivity index (χ2n) is 5.55. The van der Waals surface area contributed by atoms with Gasteiger partial charge in [-0.2, -0.15) is 0 Å². The Morgan fingerprint density at radius 2 is 2.29 bits per heavy atom. The van der Waals surface area contributed by atoms with Crippen LogP contribution in [0.5, 0.6) is 0 Å². The minimum Gasteiger partial charge on any atom is -0.389 e. The van der Waals surface area contributed by atoms with Gasteiger partial charge in [-0.1, -0.05) is 12.1 Å². The van der Waals surface area contributed by atoms with Gasteiger partial charge in [-0.15, -0.1) is 0 Å². The lowest BCUT2D eigenvalue weighted by Crippen LogP contribution is -2.25. The van der Waals surface area contributed by atoms with Crippen LogP contribution < -0.4 is 5.32 Å². The number of nitrogens with one attached hydrogen (secondary N) is 1. The third-order valence-electron chi connectivity index (χ3n) is 3.57. The zero-order chi connectivity index (χ0) is 14.7. The predicted molar refractivity (Wildman–Crippen MR) is 87.5 cm³/mol. The Kier molecular flexibility index (Phi) is 4.73. The van der Waals surface area contributed by atoms with Gasteiger partial charge in [-0.05, 0) is 46.8 Å². The summed E-state index contributed by atoms with van der Waals surface area (Å²) in [6, 6.07) is 8.01. The molecule has 0 radical (unpaired) electrons. The summed E-state index contributed by atoms with van der Waals surface area (Å²) >= 11 is 3.42. The van der Waals surface area contributed by atoms with E-state index in [0.717, 1.165) is 33.6 Å². The largest absolute Gasteiger partial charge is 0.389 e. The number of nitrogens with zero attached hydrogens (tertiary/aromatic N) is 1. The molecule has 1 aromatic carbocycles. The van der Waals surface area contributed by atoms with E-state index in [4.69, 9.17) is 4.74 Å². The van der Waals surface area contributed by atoms with Crippen molar-refractivity contribution >= 4 is 32.5 Å². The summed E-state index contributed by atoms with van der Waals surface area (Å²) in [7, 11) is 0. The van der Waals surface area contributed by atoms with Crippen molar-refractivity contribution in [3.63, 3.8) is 0 Å². The molecule has 1 atom stereocenters. The molecule has 2 N–H and O–H groups in total. The summed E-state index contributed by atoms with van der Waals surface area (Å²) in [5.41, 5.74) is 1.84. The Balaban J connectivity index is 1.56. The highest BCUT2D eigenvalue weighted by molar-refractivity contribution is 9.10. The summed E-state index contributed by atoms with van der Waals surface area (Å²) in [4.78, 5) is 4.43. The molecule has 112 valence electrons. The standard InChI is InChI=1S/C16H19BrN2O2/c17-13-6-12-2-1-3-15(16(12)19-7-13)18-8-14(20)10-21-9-11-4-5-11/h1-3,6-7,11,14,18,20H,4-5,8-10H2. The van der Waals surface area contributed by atoms with Gasteiger partial charge in [0.25, 0.3) is 0 Å². The lowest BCUT2D eigenvalue weighted by atomic mass is 10.2. The fourth-order valence-corrected chi connectivity index (χ4v) is 2.57. The molecule has 1 fully saturated rings. The monoisotopic (exact) mass is 350 g/mol. The number of rotatable bonds is 7. The highest BCUT2D eigenvalue weighted by Crippen LogP contribution is 2.28. The van der Waals surface area contributed by atoms with Crippen LogP contribution >= 0.6 is 15.9 Å². The second kappa shape index (κ2) is 6.73. The molecule has 0 spiro atoms. The van der Waals surface area contributed by atoms with Crippen molar-refractivity contribution in [1.82, 2.24) is 4.98 Å². The molecule has 1 aliphatic rings. The van der Waals surface area contributed by atoms with Gasteiger partial charge in [0, 0.05) is 29.2 Å². The fourth-order valence-electron chi connectivity index (χ4n) is 2.22. The first-order valence-electron chi connectivity index (χ1n) is 7.26. The van der Waals surface area contributed by atoms with Crippen molar-refractivity contribution in [3.05, 3.63) is 34.9 Å². The van der Waals surface area contributed by atoms with Gasteiger partial charge in [-0.3, -0.25) is 4.98 Å². The van der Waals surface area contributed by atoms with Crippen molar-refractivity contribution in [2.24, 2.45) is 5.92 Å². The van der Waals surface area contributed by atoms with Crippen LogP contribution in [0.15, 0.2) is 34.9 Å². The van der Waals surface area contributed by atoms with Gasteiger partial charge in [0.05, 0.1) is 23.9 Å². The molecule has 1 saturated carbocycles. The van der Waals surface area contributed by atoms with Crippen LogP contribution in [-0.2, 0) is 4.74 Å². The van der Waals surface area contributed by atoms with Crippen molar-refractivity contribution in [2.45, 2.75) is 18.9 Å².